The van der Waals surface area contributed by atoms with Crippen LogP contribution in [0.15, 0.2) is 24.3 Å². The molecule has 1 aromatic carbocycles. The Morgan fingerprint density at radius 3 is 2.58 bits per heavy atom. The van der Waals surface area contributed by atoms with E-state index in [1.54, 1.807) is 0 Å². The highest BCUT2D eigenvalue weighted by Gasteiger charge is 2.25. The fourth-order valence-electron chi connectivity index (χ4n) is 2.54. The maximum absolute atomic E-state index is 12.2. The van der Waals surface area contributed by atoms with Gasteiger partial charge in [0.25, 0.3) is 0 Å². The van der Waals surface area contributed by atoms with Gasteiger partial charge in [-0.1, -0.05) is 32.0 Å². The minimum Gasteiger partial charge on any atom is -0.399 e. The van der Waals surface area contributed by atoms with Gasteiger partial charge < -0.3 is 10.6 Å². The molecule has 2 N–H and O–H groups in total. The van der Waals surface area contributed by atoms with Crippen LogP contribution in [0.1, 0.15) is 25.8 Å². The summed E-state index contributed by atoms with van der Waals surface area (Å²) in [4.78, 5) is 14.3. The summed E-state index contributed by atoms with van der Waals surface area (Å²) in [7, 11) is 0. The second-order valence-corrected chi connectivity index (χ2v) is 7.14. The Kier molecular flexibility index (Phi) is 4.75. The molecule has 2 unspecified atom stereocenters. The molecule has 4 heteroatoms. The first-order valence-corrected chi connectivity index (χ1v) is 7.77. The van der Waals surface area contributed by atoms with Crippen molar-refractivity contribution in [3.63, 3.8) is 0 Å². The number of carbonyl (C=O) groups is 1. The third-order valence-electron chi connectivity index (χ3n) is 3.44. The number of hydrogen-bond donors (Lipinski definition) is 1. The molecule has 1 aliphatic rings. The molecule has 19 heavy (non-hydrogen) atoms. The number of benzene rings is 1. The van der Waals surface area contributed by atoms with Gasteiger partial charge in [-0.05, 0) is 18.1 Å². The first kappa shape index (κ1) is 14.3. The Balaban J connectivity index is 1.89. The fraction of sp³-hybridized carbons (Fsp3) is 0.533. The maximum atomic E-state index is 12.2. The number of nitrogens with two attached hydrogens (primary N) is 1. The average Bonchev–Trinajstić information content (AvgIpc) is 2.36. The van der Waals surface area contributed by atoms with Gasteiger partial charge in [0, 0.05) is 35.7 Å². The van der Waals surface area contributed by atoms with Crippen molar-refractivity contribution in [1.82, 2.24) is 4.90 Å². The number of nitrogens with zero attached hydrogens (tertiary/aromatic N) is 1. The van der Waals surface area contributed by atoms with E-state index >= 15 is 0 Å². The van der Waals surface area contributed by atoms with Crippen LogP contribution in [0.3, 0.4) is 0 Å². The van der Waals surface area contributed by atoms with Crippen molar-refractivity contribution in [3.8, 4) is 0 Å². The lowest BCUT2D eigenvalue weighted by Gasteiger charge is -2.34. The van der Waals surface area contributed by atoms with Crippen LogP contribution in [0.5, 0.6) is 0 Å². The first-order valence-electron chi connectivity index (χ1n) is 6.83. The van der Waals surface area contributed by atoms with Crippen LogP contribution in [0.25, 0.3) is 0 Å². The molecule has 104 valence electrons. The summed E-state index contributed by atoms with van der Waals surface area (Å²) in [6, 6.07) is 7.78. The molecule has 1 aromatic rings. The number of amides is 1. The van der Waals surface area contributed by atoms with Gasteiger partial charge in [-0.15, -0.1) is 0 Å². The van der Waals surface area contributed by atoms with Gasteiger partial charge >= 0.3 is 0 Å². The lowest BCUT2D eigenvalue weighted by molar-refractivity contribution is -0.131. The molecule has 0 aromatic heterocycles. The van der Waals surface area contributed by atoms with Gasteiger partial charge in [0.05, 0.1) is 0 Å². The minimum absolute atomic E-state index is 0.252. The van der Waals surface area contributed by atoms with E-state index in [9.17, 15) is 4.79 Å². The highest BCUT2D eigenvalue weighted by atomic mass is 32.2. The van der Waals surface area contributed by atoms with Crippen LogP contribution in [-0.2, 0) is 11.2 Å². The molecule has 1 heterocycles. The van der Waals surface area contributed by atoms with Gasteiger partial charge in [-0.3, -0.25) is 4.79 Å². The first-order chi connectivity index (χ1) is 9.06. The zero-order valence-corrected chi connectivity index (χ0v) is 12.5. The Labute approximate surface area is 119 Å². The van der Waals surface area contributed by atoms with Crippen LogP contribution >= 0.6 is 11.8 Å². The number of carbonyl (C=O) groups excluding carboxylic acids is 1. The number of anilines is 1. The molecule has 1 saturated heterocycles. The largest absolute Gasteiger partial charge is 0.399 e. The van der Waals surface area contributed by atoms with Crippen LogP contribution in [0, 0.1) is 0 Å². The second-order valence-electron chi connectivity index (χ2n) is 5.25. The minimum atomic E-state index is 0.252. The Morgan fingerprint density at radius 1 is 1.32 bits per heavy atom. The number of thioether (sulfide) groups is 1. The molecule has 0 spiro atoms. The van der Waals surface area contributed by atoms with Crippen molar-refractivity contribution in [2.45, 2.75) is 37.2 Å². The van der Waals surface area contributed by atoms with Gasteiger partial charge in [0.2, 0.25) is 5.91 Å². The van der Waals surface area contributed by atoms with E-state index in [-0.39, 0.29) is 5.91 Å². The zero-order valence-electron chi connectivity index (χ0n) is 11.6. The van der Waals surface area contributed by atoms with E-state index < -0.39 is 0 Å². The molecular weight excluding hydrogens is 256 g/mol. The standard InChI is InChI=1S/C15H22N2OS/c1-11-9-17(10-12(2)19-11)15(18)8-7-13-5-3-4-6-14(13)16/h3-6,11-12H,7-10,16H2,1-2H3. The molecule has 2 rings (SSSR count). The van der Waals surface area contributed by atoms with Crippen LogP contribution in [-0.4, -0.2) is 34.4 Å². The lowest BCUT2D eigenvalue weighted by Crippen LogP contribution is -2.44. The van der Waals surface area contributed by atoms with Crippen molar-refractivity contribution >= 4 is 23.4 Å². The van der Waals surface area contributed by atoms with Gasteiger partial charge in [-0.2, -0.15) is 11.8 Å². The van der Waals surface area contributed by atoms with E-state index in [4.69, 9.17) is 5.73 Å². The summed E-state index contributed by atoms with van der Waals surface area (Å²) < 4.78 is 0. The van der Waals surface area contributed by atoms with E-state index in [0.717, 1.165) is 30.8 Å². The maximum Gasteiger partial charge on any atom is 0.222 e. The number of aryl methyl sites for hydroxylation is 1. The molecule has 1 aliphatic heterocycles. The third-order valence-corrected chi connectivity index (χ3v) is 4.66. The molecule has 3 nitrogen and oxygen atoms in total. The predicted octanol–water partition coefficient (Wildman–Crippen LogP) is 2.55. The smallest absolute Gasteiger partial charge is 0.222 e. The number of nitrogen functional groups attached to an aromatic ring is 1. The van der Waals surface area contributed by atoms with Crippen molar-refractivity contribution in [2.75, 3.05) is 18.8 Å². The molecular formula is C15H22N2OS. The zero-order chi connectivity index (χ0) is 13.8. The Bertz CT molecular complexity index is 440. The number of hydrogen-bond acceptors (Lipinski definition) is 3. The summed E-state index contributed by atoms with van der Waals surface area (Å²) in [5, 5.41) is 1.07. The summed E-state index contributed by atoms with van der Waals surface area (Å²) >= 11 is 1.97. The molecule has 1 fully saturated rings. The van der Waals surface area contributed by atoms with Crippen LogP contribution in [0.2, 0.25) is 0 Å². The van der Waals surface area contributed by atoms with Crippen LogP contribution < -0.4 is 5.73 Å². The van der Waals surface area contributed by atoms with Crippen LogP contribution in [0.4, 0.5) is 5.69 Å². The molecule has 0 bridgehead atoms. The van der Waals surface area contributed by atoms with E-state index in [2.05, 4.69) is 13.8 Å². The molecule has 2 atom stereocenters. The van der Waals surface area contributed by atoms with E-state index in [1.165, 1.54) is 0 Å². The van der Waals surface area contributed by atoms with Gasteiger partial charge in [-0.25, -0.2) is 0 Å². The third kappa shape index (κ3) is 3.90. The summed E-state index contributed by atoms with van der Waals surface area (Å²) in [6.45, 7) is 6.13. The quantitative estimate of drug-likeness (QED) is 0.864. The van der Waals surface area contributed by atoms with Crippen molar-refractivity contribution in [2.24, 2.45) is 0 Å². The normalized spacial score (nSPS) is 23.4. The summed E-state index contributed by atoms with van der Waals surface area (Å²) in [6.07, 6.45) is 1.29. The predicted molar refractivity (Wildman–Crippen MR) is 82.3 cm³/mol. The highest BCUT2D eigenvalue weighted by Crippen LogP contribution is 2.25. The summed E-state index contributed by atoms with van der Waals surface area (Å²) in [5.41, 5.74) is 7.76. The van der Waals surface area contributed by atoms with Crippen molar-refractivity contribution in [3.05, 3.63) is 29.8 Å². The molecule has 0 saturated carbocycles. The van der Waals surface area contributed by atoms with Gasteiger partial charge in [0.15, 0.2) is 0 Å². The van der Waals surface area contributed by atoms with E-state index in [1.807, 2.05) is 40.9 Å². The Hall–Kier alpha value is -1.16. The fourth-order valence-corrected chi connectivity index (χ4v) is 3.87. The Morgan fingerprint density at radius 2 is 1.95 bits per heavy atom. The SMILES string of the molecule is CC1CN(C(=O)CCc2ccccc2N)CC(C)S1. The molecule has 1 amide bonds. The van der Waals surface area contributed by atoms with E-state index in [0.29, 0.717) is 16.9 Å². The van der Waals surface area contributed by atoms with Crippen molar-refractivity contribution < 1.29 is 4.79 Å². The van der Waals surface area contributed by atoms with Gasteiger partial charge in [0.1, 0.15) is 0 Å². The number of para-hydroxylation sites is 1. The molecule has 0 aliphatic carbocycles. The monoisotopic (exact) mass is 278 g/mol. The highest BCUT2D eigenvalue weighted by molar-refractivity contribution is 8.00. The summed E-state index contributed by atoms with van der Waals surface area (Å²) in [5.74, 6) is 0.252. The lowest BCUT2D eigenvalue weighted by atomic mass is 10.1. The molecule has 0 radical (unpaired) electrons. The second kappa shape index (κ2) is 6.33. The topological polar surface area (TPSA) is 46.3 Å². The average molecular weight is 278 g/mol. The number of rotatable bonds is 3. The van der Waals surface area contributed by atoms with Crippen molar-refractivity contribution in [1.29, 1.82) is 0 Å².